The second-order valence-corrected chi connectivity index (χ2v) is 5.32. The van der Waals surface area contributed by atoms with E-state index in [1.807, 2.05) is 12.1 Å². The molecule has 0 N–H and O–H groups in total. The molecule has 0 bridgehead atoms. The summed E-state index contributed by atoms with van der Waals surface area (Å²) in [5.41, 5.74) is 1.21. The molecule has 3 heteroatoms. The van der Waals surface area contributed by atoms with Gasteiger partial charge in [0, 0.05) is 11.1 Å². The predicted molar refractivity (Wildman–Crippen MR) is 58.3 cm³/mol. The number of aromatic nitrogens is 1. The van der Waals surface area contributed by atoms with Crippen molar-refractivity contribution < 1.29 is 0 Å². The number of pyridine rings is 1. The molecule has 66 valence electrons. The van der Waals surface area contributed by atoms with Gasteiger partial charge >= 0.3 is 0 Å². The summed E-state index contributed by atoms with van der Waals surface area (Å²) < 4.78 is 1.87. The van der Waals surface area contributed by atoms with Gasteiger partial charge < -0.3 is 0 Å². The highest BCUT2D eigenvalue weighted by Crippen LogP contribution is 2.26. The van der Waals surface area contributed by atoms with Crippen LogP contribution in [0.5, 0.6) is 0 Å². The van der Waals surface area contributed by atoms with Crippen molar-refractivity contribution in [1.82, 2.24) is 4.98 Å². The van der Waals surface area contributed by atoms with Gasteiger partial charge in [0.2, 0.25) is 0 Å². The van der Waals surface area contributed by atoms with Crippen LogP contribution in [0.1, 0.15) is 26.5 Å². The SMILES string of the molecule is CC(C)(C)c1ccc(Br)c(Br)n1. The van der Waals surface area contributed by atoms with Crippen LogP contribution in [0.2, 0.25) is 0 Å². The van der Waals surface area contributed by atoms with Gasteiger partial charge in [-0.3, -0.25) is 0 Å². The summed E-state index contributed by atoms with van der Waals surface area (Å²) in [6.07, 6.45) is 0. The van der Waals surface area contributed by atoms with Crippen molar-refractivity contribution in [2.24, 2.45) is 0 Å². The lowest BCUT2D eigenvalue weighted by molar-refractivity contribution is 0.567. The molecule has 0 spiro atoms. The Kier molecular flexibility index (Phi) is 2.94. The zero-order chi connectivity index (χ0) is 9.35. The molecule has 0 radical (unpaired) electrons. The third kappa shape index (κ3) is 2.30. The molecule has 0 fully saturated rings. The fourth-order valence-electron chi connectivity index (χ4n) is 0.835. The summed E-state index contributed by atoms with van der Waals surface area (Å²) in [6, 6.07) is 4.05. The lowest BCUT2D eigenvalue weighted by Crippen LogP contribution is -2.13. The molecule has 1 heterocycles. The summed E-state index contributed by atoms with van der Waals surface area (Å²) in [5, 5.41) is 0. The fraction of sp³-hybridized carbons (Fsp3) is 0.444. The van der Waals surface area contributed by atoms with Gasteiger partial charge in [-0.15, -0.1) is 0 Å². The van der Waals surface area contributed by atoms with E-state index >= 15 is 0 Å². The van der Waals surface area contributed by atoms with E-state index in [1.165, 1.54) is 0 Å². The third-order valence-corrected chi connectivity index (χ3v) is 3.35. The summed E-state index contributed by atoms with van der Waals surface area (Å²) in [4.78, 5) is 4.41. The molecule has 0 amide bonds. The van der Waals surface area contributed by atoms with Gasteiger partial charge in [-0.1, -0.05) is 20.8 Å². The van der Waals surface area contributed by atoms with Crippen molar-refractivity contribution in [2.75, 3.05) is 0 Å². The normalized spacial score (nSPS) is 11.8. The average molecular weight is 293 g/mol. The van der Waals surface area contributed by atoms with E-state index in [1.54, 1.807) is 0 Å². The van der Waals surface area contributed by atoms with E-state index in [-0.39, 0.29) is 5.41 Å². The van der Waals surface area contributed by atoms with Crippen LogP contribution in [0.15, 0.2) is 21.2 Å². The third-order valence-electron chi connectivity index (χ3n) is 1.57. The highest BCUT2D eigenvalue weighted by atomic mass is 79.9. The molecule has 0 saturated heterocycles. The van der Waals surface area contributed by atoms with Crippen LogP contribution in [0.3, 0.4) is 0 Å². The van der Waals surface area contributed by atoms with Gasteiger partial charge in [0.1, 0.15) is 4.60 Å². The smallest absolute Gasteiger partial charge is 0.120 e. The van der Waals surface area contributed by atoms with Crippen LogP contribution < -0.4 is 0 Å². The van der Waals surface area contributed by atoms with E-state index in [0.717, 1.165) is 14.8 Å². The second kappa shape index (κ2) is 3.46. The fourth-order valence-corrected chi connectivity index (χ4v) is 1.38. The zero-order valence-electron chi connectivity index (χ0n) is 7.36. The summed E-state index contributed by atoms with van der Waals surface area (Å²) in [6.45, 7) is 6.45. The molecule has 0 aromatic carbocycles. The van der Waals surface area contributed by atoms with Gasteiger partial charge in [-0.05, 0) is 44.0 Å². The quantitative estimate of drug-likeness (QED) is 0.661. The van der Waals surface area contributed by atoms with Gasteiger partial charge in [0.15, 0.2) is 0 Å². The first-order chi connectivity index (χ1) is 5.41. The molecule has 0 aliphatic rings. The zero-order valence-corrected chi connectivity index (χ0v) is 10.5. The standard InChI is InChI=1S/C9H11Br2N/c1-9(2,3)7-5-4-6(10)8(11)12-7/h4-5H,1-3H3. The largest absolute Gasteiger partial charge is 0.244 e. The van der Waals surface area contributed by atoms with Crippen molar-refractivity contribution in [3.8, 4) is 0 Å². The Bertz CT molecular complexity index is 289. The molecule has 1 nitrogen and oxygen atoms in total. The maximum Gasteiger partial charge on any atom is 0.120 e. The van der Waals surface area contributed by atoms with Crippen molar-refractivity contribution in [3.63, 3.8) is 0 Å². The predicted octanol–water partition coefficient (Wildman–Crippen LogP) is 3.90. The molecule has 1 rings (SSSR count). The highest BCUT2D eigenvalue weighted by Gasteiger charge is 2.15. The van der Waals surface area contributed by atoms with Gasteiger partial charge in [0.05, 0.1) is 4.47 Å². The van der Waals surface area contributed by atoms with E-state index in [2.05, 4.69) is 57.6 Å². The van der Waals surface area contributed by atoms with Crippen LogP contribution in [0.25, 0.3) is 0 Å². The van der Waals surface area contributed by atoms with E-state index in [4.69, 9.17) is 0 Å². The maximum atomic E-state index is 4.41. The minimum Gasteiger partial charge on any atom is -0.244 e. The van der Waals surface area contributed by atoms with Crippen molar-refractivity contribution in [2.45, 2.75) is 26.2 Å². The number of rotatable bonds is 0. The van der Waals surface area contributed by atoms with Gasteiger partial charge in [-0.25, -0.2) is 4.98 Å². The van der Waals surface area contributed by atoms with E-state index in [0.29, 0.717) is 0 Å². The van der Waals surface area contributed by atoms with Crippen LogP contribution in [-0.2, 0) is 5.41 Å². The molecule has 1 aromatic heterocycles. The molecule has 0 aliphatic heterocycles. The van der Waals surface area contributed by atoms with Crippen molar-refractivity contribution in [3.05, 3.63) is 26.9 Å². The molecule has 0 unspecified atom stereocenters. The molecule has 0 aliphatic carbocycles. The Morgan fingerprint density at radius 3 is 2.17 bits per heavy atom. The number of hydrogen-bond acceptors (Lipinski definition) is 1. The average Bonchev–Trinajstić information content (AvgIpc) is 1.92. The Morgan fingerprint density at radius 1 is 1.17 bits per heavy atom. The summed E-state index contributed by atoms with van der Waals surface area (Å²) in [5.74, 6) is 0. The first-order valence-corrected chi connectivity index (χ1v) is 5.32. The molecule has 0 atom stereocenters. The molecular formula is C9H11Br2N. The lowest BCUT2D eigenvalue weighted by atomic mass is 9.92. The topological polar surface area (TPSA) is 12.9 Å². The summed E-state index contributed by atoms with van der Waals surface area (Å²) in [7, 11) is 0. The minimum absolute atomic E-state index is 0.114. The van der Waals surface area contributed by atoms with Crippen LogP contribution in [-0.4, -0.2) is 4.98 Å². The highest BCUT2D eigenvalue weighted by molar-refractivity contribution is 9.13. The van der Waals surface area contributed by atoms with Crippen LogP contribution >= 0.6 is 31.9 Å². The first-order valence-electron chi connectivity index (χ1n) is 3.74. The number of halogens is 2. The molecule has 0 saturated carbocycles. The molecular weight excluding hydrogens is 282 g/mol. The van der Waals surface area contributed by atoms with Gasteiger partial charge in [0.25, 0.3) is 0 Å². The van der Waals surface area contributed by atoms with E-state index < -0.39 is 0 Å². The van der Waals surface area contributed by atoms with E-state index in [9.17, 15) is 0 Å². The van der Waals surface area contributed by atoms with Crippen molar-refractivity contribution >= 4 is 31.9 Å². The first kappa shape index (κ1) is 10.2. The van der Waals surface area contributed by atoms with Crippen molar-refractivity contribution in [1.29, 1.82) is 0 Å². The summed E-state index contributed by atoms with van der Waals surface area (Å²) >= 11 is 6.77. The minimum atomic E-state index is 0.114. The Labute approximate surface area is 89.8 Å². The maximum absolute atomic E-state index is 4.41. The number of hydrogen-bond donors (Lipinski definition) is 0. The Hall–Kier alpha value is 0.110. The number of nitrogens with zero attached hydrogens (tertiary/aromatic N) is 1. The lowest BCUT2D eigenvalue weighted by Gasteiger charge is -2.17. The molecule has 12 heavy (non-hydrogen) atoms. The Balaban J connectivity index is 3.14. The van der Waals surface area contributed by atoms with Crippen LogP contribution in [0.4, 0.5) is 0 Å². The van der Waals surface area contributed by atoms with Crippen LogP contribution in [0, 0.1) is 0 Å². The van der Waals surface area contributed by atoms with Gasteiger partial charge in [-0.2, -0.15) is 0 Å². The Morgan fingerprint density at radius 2 is 1.75 bits per heavy atom. The monoisotopic (exact) mass is 291 g/mol. The molecule has 1 aromatic rings. The second-order valence-electron chi connectivity index (χ2n) is 3.72.